The van der Waals surface area contributed by atoms with E-state index in [0.717, 1.165) is 22.1 Å². The van der Waals surface area contributed by atoms with Crippen LogP contribution in [0.2, 0.25) is 0 Å². The number of anilines is 2. The first kappa shape index (κ1) is 12.5. The molecule has 19 heavy (non-hydrogen) atoms. The number of benzene rings is 1. The number of hydrogen-bond acceptors (Lipinski definition) is 2. The third-order valence-electron chi connectivity index (χ3n) is 3.13. The number of nitrogens with two attached hydrogens (primary N) is 1. The molecule has 1 fully saturated rings. The van der Waals surface area contributed by atoms with E-state index in [4.69, 9.17) is 5.73 Å². The summed E-state index contributed by atoms with van der Waals surface area (Å²) in [6.45, 7) is 0. The number of aromatic nitrogens is 1. The molecule has 3 rings (SSSR count). The molecule has 0 bridgehead atoms. The van der Waals surface area contributed by atoms with Gasteiger partial charge in [0.1, 0.15) is 5.69 Å². The highest BCUT2D eigenvalue weighted by molar-refractivity contribution is 14.1. The van der Waals surface area contributed by atoms with Crippen molar-refractivity contribution in [3.8, 4) is 0 Å². The summed E-state index contributed by atoms with van der Waals surface area (Å²) in [5.74, 6) is -0.106. The van der Waals surface area contributed by atoms with E-state index in [1.54, 1.807) is 6.07 Å². The number of nitrogen functional groups attached to an aromatic ring is 1. The second-order valence-corrected chi connectivity index (χ2v) is 6.01. The number of nitrogens with one attached hydrogen (secondary N) is 1. The van der Waals surface area contributed by atoms with Gasteiger partial charge < -0.3 is 15.6 Å². The minimum atomic E-state index is -0.106. The Morgan fingerprint density at radius 1 is 1.37 bits per heavy atom. The van der Waals surface area contributed by atoms with Gasteiger partial charge in [-0.1, -0.05) is 6.07 Å². The van der Waals surface area contributed by atoms with E-state index in [0.29, 0.717) is 17.4 Å². The molecule has 3 N–H and O–H groups in total. The van der Waals surface area contributed by atoms with Crippen molar-refractivity contribution in [3.63, 3.8) is 0 Å². The predicted molar refractivity (Wildman–Crippen MR) is 84.2 cm³/mol. The fourth-order valence-electron chi connectivity index (χ4n) is 2.10. The monoisotopic (exact) mass is 367 g/mol. The maximum absolute atomic E-state index is 12.3. The van der Waals surface area contributed by atoms with Gasteiger partial charge >= 0.3 is 0 Å². The smallest absolute Gasteiger partial charge is 0.272 e. The lowest BCUT2D eigenvalue weighted by molar-refractivity contribution is 0.101. The molecule has 5 heteroatoms. The normalized spacial score (nSPS) is 14.4. The maximum atomic E-state index is 12.3. The van der Waals surface area contributed by atoms with E-state index in [1.807, 2.05) is 35.0 Å². The first-order valence-electron chi connectivity index (χ1n) is 6.18. The summed E-state index contributed by atoms with van der Waals surface area (Å²) in [4.78, 5) is 12.3. The van der Waals surface area contributed by atoms with E-state index >= 15 is 0 Å². The number of rotatable bonds is 3. The lowest BCUT2D eigenvalue weighted by atomic mass is 10.3. The van der Waals surface area contributed by atoms with Gasteiger partial charge in [0.15, 0.2) is 0 Å². The average molecular weight is 367 g/mol. The number of halogens is 1. The summed E-state index contributed by atoms with van der Waals surface area (Å²) in [5.41, 5.74) is 7.88. The molecule has 0 aliphatic heterocycles. The van der Waals surface area contributed by atoms with Gasteiger partial charge in [-0.25, -0.2) is 0 Å². The lowest BCUT2D eigenvalue weighted by Crippen LogP contribution is -2.16. The third-order valence-corrected chi connectivity index (χ3v) is 3.80. The Bertz CT molecular complexity index is 631. The van der Waals surface area contributed by atoms with Crippen molar-refractivity contribution in [1.29, 1.82) is 0 Å². The van der Waals surface area contributed by atoms with Crippen LogP contribution in [0.3, 0.4) is 0 Å². The molecule has 0 unspecified atom stereocenters. The molecule has 0 saturated heterocycles. The van der Waals surface area contributed by atoms with E-state index in [9.17, 15) is 4.79 Å². The van der Waals surface area contributed by atoms with Crippen molar-refractivity contribution in [2.75, 3.05) is 11.1 Å². The van der Waals surface area contributed by atoms with Crippen molar-refractivity contribution in [1.82, 2.24) is 4.57 Å². The highest BCUT2D eigenvalue weighted by Gasteiger charge is 2.27. The molecule has 0 radical (unpaired) electrons. The number of carbonyl (C=O) groups excluding carboxylic acids is 1. The molecule has 1 aromatic carbocycles. The van der Waals surface area contributed by atoms with Crippen molar-refractivity contribution in [3.05, 3.63) is 45.8 Å². The van der Waals surface area contributed by atoms with Crippen LogP contribution in [0.25, 0.3) is 0 Å². The highest BCUT2D eigenvalue weighted by atomic mass is 127. The maximum Gasteiger partial charge on any atom is 0.272 e. The molecule has 2 aromatic rings. The minimum Gasteiger partial charge on any atom is -0.397 e. The molecule has 1 saturated carbocycles. The number of hydrogen-bond donors (Lipinski definition) is 2. The number of carbonyl (C=O) groups is 1. The first-order valence-corrected chi connectivity index (χ1v) is 7.25. The Hall–Kier alpha value is -1.50. The van der Waals surface area contributed by atoms with E-state index in [-0.39, 0.29) is 5.91 Å². The van der Waals surface area contributed by atoms with Crippen molar-refractivity contribution in [2.24, 2.45) is 0 Å². The van der Waals surface area contributed by atoms with Gasteiger partial charge in [0.25, 0.3) is 5.91 Å². The van der Waals surface area contributed by atoms with Gasteiger partial charge in [-0.3, -0.25) is 4.79 Å². The first-order chi connectivity index (χ1) is 9.13. The molecule has 0 spiro atoms. The molecule has 0 atom stereocenters. The largest absolute Gasteiger partial charge is 0.397 e. The van der Waals surface area contributed by atoms with Crippen molar-refractivity contribution >= 4 is 39.9 Å². The summed E-state index contributed by atoms with van der Waals surface area (Å²) >= 11 is 2.22. The number of amides is 1. The Morgan fingerprint density at radius 3 is 2.84 bits per heavy atom. The minimum absolute atomic E-state index is 0.106. The molecule has 4 nitrogen and oxygen atoms in total. The van der Waals surface area contributed by atoms with E-state index in [2.05, 4.69) is 27.9 Å². The Balaban J connectivity index is 1.84. The second-order valence-electron chi connectivity index (χ2n) is 4.76. The predicted octanol–water partition coefficient (Wildman–Crippen LogP) is 3.26. The van der Waals surface area contributed by atoms with Crippen molar-refractivity contribution < 1.29 is 4.79 Å². The standard InChI is InChI=1S/C14H14IN3O/c15-9-2-1-3-11(6-9)17-14(19)13-7-10(16)8-18(13)12-4-5-12/h1-3,6-8,12H,4-5,16H2,(H,17,19). The Labute approximate surface area is 125 Å². The van der Waals surface area contributed by atoms with Gasteiger partial charge in [0.05, 0.1) is 5.69 Å². The van der Waals surface area contributed by atoms with Crippen LogP contribution in [-0.4, -0.2) is 10.5 Å². The van der Waals surface area contributed by atoms with Crippen LogP contribution in [0, 0.1) is 3.57 Å². The van der Waals surface area contributed by atoms with E-state index < -0.39 is 0 Å². The van der Waals surface area contributed by atoms with Crippen LogP contribution in [0.15, 0.2) is 36.5 Å². The van der Waals surface area contributed by atoms with Crippen LogP contribution < -0.4 is 11.1 Å². The van der Waals surface area contributed by atoms with Gasteiger partial charge in [-0.15, -0.1) is 0 Å². The molecule has 1 aliphatic carbocycles. The zero-order valence-electron chi connectivity index (χ0n) is 10.3. The van der Waals surface area contributed by atoms with Crippen LogP contribution in [0.1, 0.15) is 29.4 Å². The fourth-order valence-corrected chi connectivity index (χ4v) is 2.64. The average Bonchev–Trinajstić information content (AvgIpc) is 3.12. The van der Waals surface area contributed by atoms with Gasteiger partial charge in [0.2, 0.25) is 0 Å². The molecular weight excluding hydrogens is 353 g/mol. The SMILES string of the molecule is Nc1cc(C(=O)Nc2cccc(I)c2)n(C2CC2)c1. The van der Waals surface area contributed by atoms with Gasteiger partial charge in [0, 0.05) is 21.5 Å². The Kier molecular flexibility index (Phi) is 3.22. The quantitative estimate of drug-likeness (QED) is 0.819. The van der Waals surface area contributed by atoms with Crippen LogP contribution >= 0.6 is 22.6 Å². The zero-order chi connectivity index (χ0) is 13.4. The molecule has 1 aliphatic rings. The summed E-state index contributed by atoms with van der Waals surface area (Å²) in [6.07, 6.45) is 4.09. The summed E-state index contributed by atoms with van der Waals surface area (Å²) in [7, 11) is 0. The van der Waals surface area contributed by atoms with Gasteiger partial charge in [-0.2, -0.15) is 0 Å². The van der Waals surface area contributed by atoms with Crippen LogP contribution in [-0.2, 0) is 0 Å². The van der Waals surface area contributed by atoms with Crippen LogP contribution in [0.5, 0.6) is 0 Å². The molecule has 1 aromatic heterocycles. The molecule has 1 heterocycles. The molecule has 98 valence electrons. The summed E-state index contributed by atoms with van der Waals surface area (Å²) in [6, 6.07) is 9.91. The topological polar surface area (TPSA) is 60.1 Å². The van der Waals surface area contributed by atoms with Gasteiger partial charge in [-0.05, 0) is 59.7 Å². The second kappa shape index (κ2) is 4.88. The zero-order valence-corrected chi connectivity index (χ0v) is 12.4. The third kappa shape index (κ3) is 2.75. The highest BCUT2D eigenvalue weighted by Crippen LogP contribution is 2.37. The van der Waals surface area contributed by atoms with Crippen molar-refractivity contribution in [2.45, 2.75) is 18.9 Å². The summed E-state index contributed by atoms with van der Waals surface area (Å²) < 4.78 is 3.07. The fraction of sp³-hybridized carbons (Fsp3) is 0.214. The number of nitrogens with zero attached hydrogens (tertiary/aromatic N) is 1. The molecular formula is C14H14IN3O. The van der Waals surface area contributed by atoms with E-state index in [1.165, 1.54) is 0 Å². The summed E-state index contributed by atoms with van der Waals surface area (Å²) in [5, 5.41) is 2.92. The van der Waals surface area contributed by atoms with Crippen LogP contribution in [0.4, 0.5) is 11.4 Å². The lowest BCUT2D eigenvalue weighted by Gasteiger charge is -2.08. The molecule has 1 amide bonds. The Morgan fingerprint density at radius 2 is 2.16 bits per heavy atom.